The summed E-state index contributed by atoms with van der Waals surface area (Å²) in [6.45, 7) is 4.46. The molecule has 0 saturated carbocycles. The van der Waals surface area contributed by atoms with Crippen LogP contribution in [0, 0.1) is 0 Å². The molecule has 0 aliphatic carbocycles. The molecule has 0 saturated heterocycles. The van der Waals surface area contributed by atoms with Gasteiger partial charge in [0.15, 0.2) is 0 Å². The second kappa shape index (κ2) is 6.99. The summed E-state index contributed by atoms with van der Waals surface area (Å²) in [5, 5.41) is 0. The molecule has 0 unspecified atom stereocenters. The number of methoxy groups -OCH3 is 1. The van der Waals surface area contributed by atoms with Crippen molar-refractivity contribution >= 4 is 5.91 Å². The summed E-state index contributed by atoms with van der Waals surface area (Å²) in [6, 6.07) is 13.1. The number of rotatable bonds is 4. The smallest absolute Gasteiger partial charge is 0.263 e. The van der Waals surface area contributed by atoms with Crippen LogP contribution in [0.15, 0.2) is 53.7 Å². The minimum Gasteiger partial charge on any atom is -0.380 e. The predicted octanol–water partition coefficient (Wildman–Crippen LogP) is 2.63. The molecule has 110 valence electrons. The maximum atomic E-state index is 12.7. The Morgan fingerprint density at radius 1 is 1.24 bits per heavy atom. The number of hydrogen-bond donors (Lipinski definition) is 0. The molecule has 21 heavy (non-hydrogen) atoms. The topological polar surface area (TPSA) is 43.6 Å². The third kappa shape index (κ3) is 3.89. The molecular formula is C17H20N2O2. The van der Waals surface area contributed by atoms with E-state index in [4.69, 9.17) is 4.74 Å². The molecule has 0 amide bonds. The number of hydrogen-bond acceptors (Lipinski definition) is 3. The molecule has 1 heterocycles. The van der Waals surface area contributed by atoms with E-state index in [0.29, 0.717) is 17.7 Å². The highest BCUT2D eigenvalue weighted by Crippen LogP contribution is 2.07. The van der Waals surface area contributed by atoms with Crippen molar-refractivity contribution in [2.24, 2.45) is 4.99 Å². The number of aromatic nitrogens is 1. The van der Waals surface area contributed by atoms with E-state index in [1.165, 1.54) is 0 Å². The van der Waals surface area contributed by atoms with Crippen molar-refractivity contribution in [3.8, 4) is 0 Å². The lowest BCUT2D eigenvalue weighted by molar-refractivity contribution is 0.0954. The van der Waals surface area contributed by atoms with Gasteiger partial charge in [0.1, 0.15) is 5.49 Å². The van der Waals surface area contributed by atoms with Gasteiger partial charge in [-0.15, -0.1) is 0 Å². The first-order valence-electron chi connectivity index (χ1n) is 6.96. The zero-order valence-corrected chi connectivity index (χ0v) is 12.6. The second-order valence-electron chi connectivity index (χ2n) is 5.09. The van der Waals surface area contributed by atoms with Gasteiger partial charge in [-0.2, -0.15) is 0 Å². The lowest BCUT2D eigenvalue weighted by Crippen LogP contribution is -2.28. The maximum absolute atomic E-state index is 12.7. The van der Waals surface area contributed by atoms with Gasteiger partial charge in [-0.3, -0.25) is 14.4 Å². The van der Waals surface area contributed by atoms with Crippen LogP contribution in [0.4, 0.5) is 0 Å². The molecule has 0 radical (unpaired) electrons. The van der Waals surface area contributed by atoms with Crippen LogP contribution in [0.1, 0.15) is 29.8 Å². The van der Waals surface area contributed by atoms with Gasteiger partial charge in [0.25, 0.3) is 5.91 Å². The molecular weight excluding hydrogens is 264 g/mol. The van der Waals surface area contributed by atoms with Crippen molar-refractivity contribution in [1.29, 1.82) is 0 Å². The van der Waals surface area contributed by atoms with Crippen LogP contribution in [0.5, 0.6) is 0 Å². The first-order valence-corrected chi connectivity index (χ1v) is 6.96. The molecule has 0 bridgehead atoms. The van der Waals surface area contributed by atoms with Gasteiger partial charge < -0.3 is 4.74 Å². The summed E-state index contributed by atoms with van der Waals surface area (Å²) in [6.07, 6.45) is 1.74. The Labute approximate surface area is 124 Å². The molecule has 0 fully saturated rings. The fourth-order valence-corrected chi connectivity index (χ4v) is 2.08. The van der Waals surface area contributed by atoms with E-state index in [1.54, 1.807) is 23.9 Å². The molecule has 0 atom stereocenters. The van der Waals surface area contributed by atoms with Gasteiger partial charge in [-0.1, -0.05) is 18.2 Å². The largest absolute Gasteiger partial charge is 0.380 e. The zero-order chi connectivity index (χ0) is 15.2. The minimum atomic E-state index is -0.0899. The predicted molar refractivity (Wildman–Crippen MR) is 82.0 cm³/mol. The molecule has 4 heteroatoms. The normalized spacial score (nSPS) is 11.9. The molecule has 1 aromatic carbocycles. The van der Waals surface area contributed by atoms with E-state index >= 15 is 0 Å². The zero-order valence-electron chi connectivity index (χ0n) is 12.6. The second-order valence-corrected chi connectivity index (χ2v) is 5.09. The molecule has 4 nitrogen and oxygen atoms in total. The van der Waals surface area contributed by atoms with Crippen molar-refractivity contribution < 1.29 is 9.53 Å². The SMILES string of the molecule is COCc1cccc(C(=O)n2ccccc2=NC(C)C)c1. The quantitative estimate of drug-likeness (QED) is 0.866. The van der Waals surface area contributed by atoms with Crippen LogP contribution in [0.3, 0.4) is 0 Å². The van der Waals surface area contributed by atoms with Crippen LogP contribution in [0.2, 0.25) is 0 Å². The molecule has 0 aliphatic heterocycles. The first-order chi connectivity index (χ1) is 10.1. The summed E-state index contributed by atoms with van der Waals surface area (Å²) in [5.74, 6) is -0.0899. The van der Waals surface area contributed by atoms with Crippen molar-refractivity contribution in [3.63, 3.8) is 0 Å². The Kier molecular flexibility index (Phi) is 5.06. The summed E-state index contributed by atoms with van der Waals surface area (Å²) in [4.78, 5) is 17.1. The fraction of sp³-hybridized carbons (Fsp3) is 0.294. The summed E-state index contributed by atoms with van der Waals surface area (Å²) in [7, 11) is 1.64. The molecule has 2 aromatic rings. The summed E-state index contributed by atoms with van der Waals surface area (Å²) in [5.41, 5.74) is 2.26. The third-order valence-corrected chi connectivity index (χ3v) is 2.93. The number of carbonyl (C=O) groups is 1. The minimum absolute atomic E-state index is 0.0899. The molecule has 1 aromatic heterocycles. The van der Waals surface area contributed by atoms with Crippen LogP contribution >= 0.6 is 0 Å². The number of pyridine rings is 1. The van der Waals surface area contributed by atoms with Gasteiger partial charge >= 0.3 is 0 Å². The van der Waals surface area contributed by atoms with Crippen LogP contribution in [0.25, 0.3) is 0 Å². The van der Waals surface area contributed by atoms with Crippen LogP contribution < -0.4 is 5.49 Å². The Morgan fingerprint density at radius 2 is 2.05 bits per heavy atom. The number of nitrogens with zero attached hydrogens (tertiary/aromatic N) is 2. The first kappa shape index (κ1) is 15.2. The average molecular weight is 284 g/mol. The maximum Gasteiger partial charge on any atom is 0.263 e. The molecule has 2 rings (SSSR count). The summed E-state index contributed by atoms with van der Waals surface area (Å²) >= 11 is 0. The van der Waals surface area contributed by atoms with Crippen molar-refractivity contribution in [3.05, 3.63) is 65.3 Å². The van der Waals surface area contributed by atoms with Crippen molar-refractivity contribution in [2.45, 2.75) is 26.5 Å². The van der Waals surface area contributed by atoms with E-state index in [9.17, 15) is 4.79 Å². The number of benzene rings is 1. The van der Waals surface area contributed by atoms with E-state index in [1.807, 2.05) is 50.2 Å². The van der Waals surface area contributed by atoms with Gasteiger partial charge in [-0.05, 0) is 43.7 Å². The van der Waals surface area contributed by atoms with E-state index < -0.39 is 0 Å². The molecule has 0 N–H and O–H groups in total. The Morgan fingerprint density at radius 3 is 2.76 bits per heavy atom. The highest BCUT2D eigenvalue weighted by atomic mass is 16.5. The van der Waals surface area contributed by atoms with E-state index in [2.05, 4.69) is 4.99 Å². The monoisotopic (exact) mass is 284 g/mol. The van der Waals surface area contributed by atoms with E-state index in [0.717, 1.165) is 5.56 Å². The van der Waals surface area contributed by atoms with Gasteiger partial charge in [0, 0.05) is 24.9 Å². The van der Waals surface area contributed by atoms with Gasteiger partial charge in [-0.25, -0.2) is 0 Å². The van der Waals surface area contributed by atoms with Crippen LogP contribution in [-0.2, 0) is 11.3 Å². The average Bonchev–Trinajstić information content (AvgIpc) is 2.47. The summed E-state index contributed by atoms with van der Waals surface area (Å²) < 4.78 is 6.68. The standard InChI is InChI=1S/C17H20N2O2/c1-13(2)18-16-9-4-5-10-19(16)17(20)15-8-6-7-14(11-15)12-21-3/h4-11,13H,12H2,1-3H3. The van der Waals surface area contributed by atoms with Crippen molar-refractivity contribution in [1.82, 2.24) is 4.57 Å². The Balaban J connectivity index is 2.43. The molecule has 0 aliphatic rings. The Bertz CT molecular complexity index is 687. The highest BCUT2D eigenvalue weighted by Gasteiger charge is 2.09. The Hall–Kier alpha value is -2.20. The van der Waals surface area contributed by atoms with Gasteiger partial charge in [0.2, 0.25) is 0 Å². The van der Waals surface area contributed by atoms with Gasteiger partial charge in [0.05, 0.1) is 6.61 Å². The third-order valence-electron chi connectivity index (χ3n) is 2.93. The number of ether oxygens (including phenoxy) is 1. The highest BCUT2D eigenvalue weighted by molar-refractivity contribution is 5.95. The lowest BCUT2D eigenvalue weighted by atomic mass is 10.1. The fourth-order valence-electron chi connectivity index (χ4n) is 2.08. The lowest BCUT2D eigenvalue weighted by Gasteiger charge is -2.08. The van der Waals surface area contributed by atoms with Crippen molar-refractivity contribution in [2.75, 3.05) is 7.11 Å². The number of carbonyl (C=O) groups excluding carboxylic acids is 1. The van der Waals surface area contributed by atoms with E-state index in [-0.39, 0.29) is 11.9 Å². The molecule has 0 spiro atoms. The van der Waals surface area contributed by atoms with Crippen LogP contribution in [-0.4, -0.2) is 23.6 Å².